The molecule has 0 saturated carbocycles. The van der Waals surface area contributed by atoms with Crippen molar-refractivity contribution in [2.75, 3.05) is 0 Å². The third-order valence-corrected chi connectivity index (χ3v) is 7.45. The topological polar surface area (TPSA) is 64.7 Å². The highest BCUT2D eigenvalue weighted by molar-refractivity contribution is 8.02. The van der Waals surface area contributed by atoms with E-state index in [1.54, 1.807) is 34.9 Å². The molecular weight excluding hydrogens is 420 g/mol. The first-order valence-corrected chi connectivity index (χ1v) is 12.0. The van der Waals surface area contributed by atoms with Crippen molar-refractivity contribution >= 4 is 34.9 Å². The molecule has 0 aliphatic heterocycles. The minimum Gasteiger partial charge on any atom is -0.420 e. The van der Waals surface area contributed by atoms with Crippen LogP contribution in [-0.2, 0) is 11.5 Å². The lowest BCUT2D eigenvalue weighted by atomic mass is 10.0. The molecule has 4 aromatic rings. The molecule has 2 heterocycles. The van der Waals surface area contributed by atoms with Crippen LogP contribution in [0.1, 0.15) is 36.8 Å². The minimum atomic E-state index is 0.540. The SMILES string of the molecule is CC(C)c1ccc(CSc2nnc(SCc3nnc(-c4ccccc4)o3)s2)cc1. The van der Waals surface area contributed by atoms with Crippen LogP contribution in [0.2, 0.25) is 0 Å². The van der Waals surface area contributed by atoms with E-state index in [9.17, 15) is 0 Å². The summed E-state index contributed by atoms with van der Waals surface area (Å²) in [7, 11) is 0. The van der Waals surface area contributed by atoms with Gasteiger partial charge in [0.25, 0.3) is 0 Å². The summed E-state index contributed by atoms with van der Waals surface area (Å²) in [6.07, 6.45) is 0. The Morgan fingerprint density at radius 1 is 0.828 bits per heavy atom. The predicted molar refractivity (Wildman–Crippen MR) is 119 cm³/mol. The number of hydrogen-bond acceptors (Lipinski definition) is 8. The fourth-order valence-corrected chi connectivity index (χ4v) is 5.40. The summed E-state index contributed by atoms with van der Waals surface area (Å²) in [5.41, 5.74) is 3.58. The molecule has 0 radical (unpaired) electrons. The standard InChI is InChI=1S/C21H20N4OS3/c1-14(2)16-10-8-15(9-11-16)12-27-20-24-25-21(29-20)28-13-18-22-23-19(26-18)17-6-4-3-5-7-17/h3-11,14H,12-13H2,1-2H3. The molecule has 0 amide bonds. The van der Waals surface area contributed by atoms with Crippen LogP contribution in [0.5, 0.6) is 0 Å². The van der Waals surface area contributed by atoms with Crippen LogP contribution in [0.25, 0.3) is 11.5 Å². The number of thioether (sulfide) groups is 2. The monoisotopic (exact) mass is 440 g/mol. The van der Waals surface area contributed by atoms with Crippen molar-refractivity contribution in [2.24, 2.45) is 0 Å². The van der Waals surface area contributed by atoms with Crippen molar-refractivity contribution in [3.8, 4) is 11.5 Å². The minimum absolute atomic E-state index is 0.540. The van der Waals surface area contributed by atoms with Crippen molar-refractivity contribution in [2.45, 2.75) is 40.0 Å². The van der Waals surface area contributed by atoms with Gasteiger partial charge < -0.3 is 4.42 Å². The van der Waals surface area contributed by atoms with Gasteiger partial charge in [-0.05, 0) is 29.2 Å². The zero-order valence-electron chi connectivity index (χ0n) is 16.1. The Morgan fingerprint density at radius 2 is 1.52 bits per heavy atom. The Labute approximate surface area is 182 Å². The fourth-order valence-electron chi connectivity index (χ4n) is 2.59. The van der Waals surface area contributed by atoms with Crippen molar-refractivity contribution in [3.05, 3.63) is 71.6 Å². The van der Waals surface area contributed by atoms with Crippen LogP contribution in [0.4, 0.5) is 0 Å². The van der Waals surface area contributed by atoms with Gasteiger partial charge in [0.05, 0.1) is 5.75 Å². The van der Waals surface area contributed by atoms with Gasteiger partial charge in [0.15, 0.2) is 8.68 Å². The fraction of sp³-hybridized carbons (Fsp3) is 0.238. The van der Waals surface area contributed by atoms with E-state index in [0.29, 0.717) is 23.5 Å². The predicted octanol–water partition coefficient (Wildman–Crippen LogP) is 6.30. The van der Waals surface area contributed by atoms with Crippen LogP contribution in [0.3, 0.4) is 0 Å². The van der Waals surface area contributed by atoms with Gasteiger partial charge in [-0.2, -0.15) is 0 Å². The molecule has 148 valence electrons. The molecule has 0 fully saturated rings. The summed E-state index contributed by atoms with van der Waals surface area (Å²) in [5, 5.41) is 16.8. The first-order valence-electron chi connectivity index (χ1n) is 9.23. The zero-order chi connectivity index (χ0) is 20.1. The van der Waals surface area contributed by atoms with Gasteiger partial charge in [0, 0.05) is 11.3 Å². The molecule has 0 aliphatic rings. The summed E-state index contributed by atoms with van der Waals surface area (Å²) in [4.78, 5) is 0. The third-order valence-electron chi connectivity index (χ3n) is 4.20. The molecular formula is C21H20N4OS3. The molecule has 0 spiro atoms. The molecule has 5 nitrogen and oxygen atoms in total. The van der Waals surface area contributed by atoms with Gasteiger partial charge >= 0.3 is 0 Å². The van der Waals surface area contributed by atoms with Crippen LogP contribution in [-0.4, -0.2) is 20.4 Å². The van der Waals surface area contributed by atoms with E-state index in [0.717, 1.165) is 20.0 Å². The summed E-state index contributed by atoms with van der Waals surface area (Å²) in [6.45, 7) is 4.42. The third kappa shape index (κ3) is 5.46. The quantitative estimate of drug-likeness (QED) is 0.298. The van der Waals surface area contributed by atoms with Crippen molar-refractivity contribution in [1.29, 1.82) is 0 Å². The molecule has 2 aromatic heterocycles. The van der Waals surface area contributed by atoms with E-state index in [-0.39, 0.29) is 0 Å². The molecule has 8 heteroatoms. The molecule has 4 rings (SSSR count). The number of rotatable bonds is 8. The molecule has 2 aromatic carbocycles. The summed E-state index contributed by atoms with van der Waals surface area (Å²) in [6, 6.07) is 18.6. The molecule has 0 unspecified atom stereocenters. The lowest BCUT2D eigenvalue weighted by Crippen LogP contribution is -1.87. The second-order valence-electron chi connectivity index (χ2n) is 6.67. The highest BCUT2D eigenvalue weighted by Gasteiger charge is 2.11. The Morgan fingerprint density at radius 3 is 2.21 bits per heavy atom. The first-order chi connectivity index (χ1) is 14.2. The summed E-state index contributed by atoms with van der Waals surface area (Å²) < 4.78 is 7.61. The van der Waals surface area contributed by atoms with E-state index in [2.05, 4.69) is 58.5 Å². The van der Waals surface area contributed by atoms with E-state index in [1.807, 2.05) is 30.3 Å². The molecule has 0 aliphatic carbocycles. The Bertz CT molecular complexity index is 1050. The van der Waals surface area contributed by atoms with Gasteiger partial charge in [-0.1, -0.05) is 91.2 Å². The second kappa shape index (κ2) is 9.56. The van der Waals surface area contributed by atoms with Gasteiger partial charge in [0.2, 0.25) is 11.8 Å². The smallest absolute Gasteiger partial charge is 0.247 e. The average Bonchev–Trinajstić information content (AvgIpc) is 3.41. The number of benzene rings is 2. The molecule has 0 saturated heterocycles. The molecule has 29 heavy (non-hydrogen) atoms. The van der Waals surface area contributed by atoms with Crippen LogP contribution < -0.4 is 0 Å². The Hall–Kier alpha value is -2.16. The lowest BCUT2D eigenvalue weighted by Gasteiger charge is -2.05. The Kier molecular flexibility index (Phi) is 6.63. The highest BCUT2D eigenvalue weighted by Crippen LogP contribution is 2.32. The normalized spacial score (nSPS) is 11.3. The van der Waals surface area contributed by atoms with Crippen LogP contribution in [0, 0.1) is 0 Å². The molecule has 0 bridgehead atoms. The van der Waals surface area contributed by atoms with Gasteiger partial charge in [-0.25, -0.2) is 0 Å². The average molecular weight is 441 g/mol. The van der Waals surface area contributed by atoms with E-state index >= 15 is 0 Å². The number of aromatic nitrogens is 4. The van der Waals surface area contributed by atoms with Crippen LogP contribution in [0.15, 0.2) is 67.7 Å². The van der Waals surface area contributed by atoms with Crippen molar-refractivity contribution < 1.29 is 4.42 Å². The van der Waals surface area contributed by atoms with E-state index < -0.39 is 0 Å². The molecule has 0 N–H and O–H groups in total. The highest BCUT2D eigenvalue weighted by atomic mass is 32.2. The second-order valence-corrected chi connectivity index (χ2v) is 10.1. The van der Waals surface area contributed by atoms with Crippen molar-refractivity contribution in [1.82, 2.24) is 20.4 Å². The largest absolute Gasteiger partial charge is 0.420 e. The van der Waals surface area contributed by atoms with Crippen LogP contribution >= 0.6 is 34.9 Å². The summed E-state index contributed by atoms with van der Waals surface area (Å²) in [5.74, 6) is 3.15. The summed E-state index contributed by atoms with van der Waals surface area (Å²) >= 11 is 4.87. The van der Waals surface area contributed by atoms with Gasteiger partial charge in [-0.15, -0.1) is 20.4 Å². The number of nitrogens with zero attached hydrogens (tertiary/aromatic N) is 4. The molecule has 0 atom stereocenters. The van der Waals surface area contributed by atoms with Gasteiger partial charge in [0.1, 0.15) is 0 Å². The number of hydrogen-bond donors (Lipinski definition) is 0. The Balaban J connectivity index is 1.29. The van der Waals surface area contributed by atoms with E-state index in [1.165, 1.54) is 11.1 Å². The van der Waals surface area contributed by atoms with Crippen molar-refractivity contribution in [3.63, 3.8) is 0 Å². The van der Waals surface area contributed by atoms with E-state index in [4.69, 9.17) is 4.42 Å². The maximum absolute atomic E-state index is 5.74. The lowest BCUT2D eigenvalue weighted by molar-refractivity contribution is 0.528. The maximum Gasteiger partial charge on any atom is 0.247 e. The first kappa shape index (κ1) is 20.1. The maximum atomic E-state index is 5.74. The zero-order valence-corrected chi connectivity index (χ0v) is 18.6. The van der Waals surface area contributed by atoms with Gasteiger partial charge in [-0.3, -0.25) is 0 Å².